The highest BCUT2D eigenvalue weighted by Gasteiger charge is 2.07. The van der Waals surface area contributed by atoms with Crippen LogP contribution in [0.4, 0.5) is 0 Å². The summed E-state index contributed by atoms with van der Waals surface area (Å²) in [5.74, 6) is -0.397. The topological polar surface area (TPSA) is 57.0 Å². The van der Waals surface area contributed by atoms with Gasteiger partial charge in [-0.1, -0.05) is 0 Å². The SMILES string of the molecule is COC(=O)c1cncc(-n2cnc(C)c2)c1. The number of hydrogen-bond acceptors (Lipinski definition) is 4. The van der Waals surface area contributed by atoms with Crippen molar-refractivity contribution in [2.45, 2.75) is 6.92 Å². The predicted molar refractivity (Wildman–Crippen MR) is 57.4 cm³/mol. The Morgan fingerprint density at radius 1 is 1.44 bits per heavy atom. The molecule has 5 heteroatoms. The Morgan fingerprint density at radius 3 is 2.88 bits per heavy atom. The van der Waals surface area contributed by atoms with Crippen molar-refractivity contribution >= 4 is 5.97 Å². The van der Waals surface area contributed by atoms with Crippen molar-refractivity contribution in [3.05, 3.63) is 42.2 Å². The molecule has 0 radical (unpaired) electrons. The number of esters is 1. The largest absolute Gasteiger partial charge is 0.465 e. The molecule has 16 heavy (non-hydrogen) atoms. The molecule has 0 spiro atoms. The molecule has 0 unspecified atom stereocenters. The molecule has 0 N–H and O–H groups in total. The molecule has 0 atom stereocenters. The van der Waals surface area contributed by atoms with Crippen LogP contribution < -0.4 is 0 Å². The fraction of sp³-hybridized carbons (Fsp3) is 0.182. The van der Waals surface area contributed by atoms with Gasteiger partial charge in [-0.05, 0) is 13.0 Å². The van der Waals surface area contributed by atoms with Crippen LogP contribution in [0, 0.1) is 6.92 Å². The third-order valence-electron chi connectivity index (χ3n) is 2.15. The average molecular weight is 217 g/mol. The van der Waals surface area contributed by atoms with Crippen LogP contribution in [-0.2, 0) is 4.74 Å². The number of carbonyl (C=O) groups is 1. The number of nitrogens with zero attached hydrogens (tertiary/aromatic N) is 3. The first kappa shape index (κ1) is 10.4. The maximum Gasteiger partial charge on any atom is 0.339 e. The minimum Gasteiger partial charge on any atom is -0.465 e. The number of methoxy groups -OCH3 is 1. The number of imidazole rings is 1. The molecule has 0 fully saturated rings. The summed E-state index contributed by atoms with van der Waals surface area (Å²) < 4.78 is 6.43. The lowest BCUT2D eigenvalue weighted by Crippen LogP contribution is -2.03. The van der Waals surface area contributed by atoms with Crippen LogP contribution in [0.2, 0.25) is 0 Å². The zero-order chi connectivity index (χ0) is 11.5. The second kappa shape index (κ2) is 4.14. The number of aryl methyl sites for hydroxylation is 1. The average Bonchev–Trinajstić information content (AvgIpc) is 2.75. The summed E-state index contributed by atoms with van der Waals surface area (Å²) in [5.41, 5.74) is 2.11. The molecule has 0 aliphatic carbocycles. The van der Waals surface area contributed by atoms with E-state index >= 15 is 0 Å². The van der Waals surface area contributed by atoms with E-state index < -0.39 is 5.97 Å². The van der Waals surface area contributed by atoms with E-state index in [1.165, 1.54) is 13.3 Å². The summed E-state index contributed by atoms with van der Waals surface area (Å²) in [6, 6.07) is 1.71. The zero-order valence-corrected chi connectivity index (χ0v) is 9.04. The van der Waals surface area contributed by atoms with Crippen molar-refractivity contribution < 1.29 is 9.53 Å². The molecule has 0 aromatic carbocycles. The van der Waals surface area contributed by atoms with E-state index in [0.29, 0.717) is 5.56 Å². The molecule has 0 saturated carbocycles. The highest BCUT2D eigenvalue weighted by molar-refractivity contribution is 5.89. The van der Waals surface area contributed by atoms with Crippen LogP contribution in [0.3, 0.4) is 0 Å². The number of ether oxygens (including phenoxy) is 1. The first-order valence-electron chi connectivity index (χ1n) is 4.75. The zero-order valence-electron chi connectivity index (χ0n) is 9.04. The number of hydrogen-bond donors (Lipinski definition) is 0. The molecule has 0 saturated heterocycles. The van der Waals surface area contributed by atoms with E-state index in [1.54, 1.807) is 23.2 Å². The van der Waals surface area contributed by atoms with Crippen molar-refractivity contribution in [3.63, 3.8) is 0 Å². The van der Waals surface area contributed by atoms with Gasteiger partial charge in [0.2, 0.25) is 0 Å². The second-order valence-electron chi connectivity index (χ2n) is 3.35. The smallest absolute Gasteiger partial charge is 0.339 e. The van der Waals surface area contributed by atoms with Gasteiger partial charge in [-0.25, -0.2) is 9.78 Å². The molecule has 0 aliphatic rings. The molecule has 82 valence electrons. The Hall–Kier alpha value is -2.17. The summed E-state index contributed by atoms with van der Waals surface area (Å²) in [6.07, 6.45) is 6.66. The van der Waals surface area contributed by atoms with E-state index in [2.05, 4.69) is 14.7 Å². The van der Waals surface area contributed by atoms with Gasteiger partial charge in [0.25, 0.3) is 0 Å². The van der Waals surface area contributed by atoms with Gasteiger partial charge in [0, 0.05) is 12.4 Å². The molecule has 2 heterocycles. The van der Waals surface area contributed by atoms with Crippen LogP contribution in [0.25, 0.3) is 5.69 Å². The molecular weight excluding hydrogens is 206 g/mol. The van der Waals surface area contributed by atoms with Crippen LogP contribution >= 0.6 is 0 Å². The number of carbonyl (C=O) groups excluding carboxylic acids is 1. The molecule has 2 aromatic heterocycles. The van der Waals surface area contributed by atoms with Crippen molar-refractivity contribution in [1.29, 1.82) is 0 Å². The number of pyridine rings is 1. The molecule has 5 nitrogen and oxygen atoms in total. The molecule has 2 rings (SSSR count). The third-order valence-corrected chi connectivity index (χ3v) is 2.15. The summed E-state index contributed by atoms with van der Waals surface area (Å²) >= 11 is 0. The van der Waals surface area contributed by atoms with Gasteiger partial charge in [-0.2, -0.15) is 0 Å². The number of aromatic nitrogens is 3. The minimum absolute atomic E-state index is 0.397. The molecular formula is C11H11N3O2. The van der Waals surface area contributed by atoms with E-state index in [-0.39, 0.29) is 0 Å². The lowest BCUT2D eigenvalue weighted by atomic mass is 10.2. The van der Waals surface area contributed by atoms with Crippen molar-refractivity contribution in [3.8, 4) is 5.69 Å². The van der Waals surface area contributed by atoms with Gasteiger partial charge in [-0.15, -0.1) is 0 Å². The van der Waals surface area contributed by atoms with Gasteiger partial charge in [-0.3, -0.25) is 4.98 Å². The highest BCUT2D eigenvalue weighted by Crippen LogP contribution is 2.10. The maximum atomic E-state index is 11.3. The Balaban J connectivity index is 2.39. The first-order chi connectivity index (χ1) is 7.70. The number of rotatable bonds is 2. The van der Waals surface area contributed by atoms with Crippen molar-refractivity contribution in [2.75, 3.05) is 7.11 Å². The van der Waals surface area contributed by atoms with Gasteiger partial charge in [0.1, 0.15) is 0 Å². The highest BCUT2D eigenvalue weighted by atomic mass is 16.5. The Bertz CT molecular complexity index is 519. The monoisotopic (exact) mass is 217 g/mol. The van der Waals surface area contributed by atoms with E-state index in [4.69, 9.17) is 0 Å². The fourth-order valence-electron chi connectivity index (χ4n) is 1.36. The molecule has 2 aromatic rings. The standard InChI is InChI=1S/C11H11N3O2/c1-8-6-14(7-13-8)10-3-9(4-12-5-10)11(15)16-2/h3-7H,1-2H3. The van der Waals surface area contributed by atoms with E-state index in [9.17, 15) is 4.79 Å². The quantitative estimate of drug-likeness (QED) is 0.713. The second-order valence-corrected chi connectivity index (χ2v) is 3.35. The van der Waals surface area contributed by atoms with Gasteiger partial charge >= 0.3 is 5.97 Å². The van der Waals surface area contributed by atoms with Crippen LogP contribution in [0.1, 0.15) is 16.1 Å². The lowest BCUT2D eigenvalue weighted by Gasteiger charge is -2.03. The molecule has 0 amide bonds. The third kappa shape index (κ3) is 1.93. The van der Waals surface area contributed by atoms with Gasteiger partial charge in [0.15, 0.2) is 0 Å². The minimum atomic E-state index is -0.397. The van der Waals surface area contributed by atoms with Crippen LogP contribution in [0.5, 0.6) is 0 Å². The summed E-state index contributed by atoms with van der Waals surface area (Å²) in [5, 5.41) is 0. The van der Waals surface area contributed by atoms with Crippen LogP contribution in [0.15, 0.2) is 31.0 Å². The van der Waals surface area contributed by atoms with Crippen molar-refractivity contribution in [1.82, 2.24) is 14.5 Å². The van der Waals surface area contributed by atoms with E-state index in [1.807, 2.05) is 13.1 Å². The summed E-state index contributed by atoms with van der Waals surface area (Å²) in [7, 11) is 1.34. The summed E-state index contributed by atoms with van der Waals surface area (Å²) in [6.45, 7) is 1.90. The maximum absolute atomic E-state index is 11.3. The van der Waals surface area contributed by atoms with Crippen LogP contribution in [-0.4, -0.2) is 27.6 Å². The Morgan fingerprint density at radius 2 is 2.25 bits per heavy atom. The predicted octanol–water partition coefficient (Wildman–Crippen LogP) is 1.36. The summed E-state index contributed by atoms with van der Waals surface area (Å²) in [4.78, 5) is 19.4. The van der Waals surface area contributed by atoms with E-state index in [0.717, 1.165) is 11.4 Å². The fourth-order valence-corrected chi connectivity index (χ4v) is 1.36. The molecule has 0 bridgehead atoms. The lowest BCUT2D eigenvalue weighted by molar-refractivity contribution is 0.0600. The van der Waals surface area contributed by atoms with Gasteiger partial charge < -0.3 is 9.30 Å². The van der Waals surface area contributed by atoms with Crippen molar-refractivity contribution in [2.24, 2.45) is 0 Å². The Labute approximate surface area is 92.7 Å². The molecule has 0 aliphatic heterocycles. The Kier molecular flexibility index (Phi) is 2.68. The normalized spacial score (nSPS) is 10.1. The van der Waals surface area contributed by atoms with Gasteiger partial charge in [0.05, 0.1) is 36.6 Å². The first-order valence-corrected chi connectivity index (χ1v) is 4.75.